The molecule has 0 aromatic heterocycles. The van der Waals surface area contributed by atoms with E-state index in [9.17, 15) is 4.79 Å². The molecule has 1 aliphatic carbocycles. The van der Waals surface area contributed by atoms with Gasteiger partial charge in [0.05, 0.1) is 6.04 Å². The van der Waals surface area contributed by atoms with Gasteiger partial charge in [-0.2, -0.15) is 0 Å². The van der Waals surface area contributed by atoms with Crippen LogP contribution in [0.25, 0.3) is 0 Å². The van der Waals surface area contributed by atoms with E-state index in [2.05, 4.69) is 11.5 Å². The third-order valence-electron chi connectivity index (χ3n) is 5.07. The van der Waals surface area contributed by atoms with Crippen molar-refractivity contribution in [1.29, 1.82) is 0 Å². The summed E-state index contributed by atoms with van der Waals surface area (Å²) in [6.45, 7) is 4.81. The topological polar surface area (TPSA) is 23.6 Å². The van der Waals surface area contributed by atoms with E-state index in [4.69, 9.17) is 11.6 Å². The molecule has 124 valence electrons. The Morgan fingerprint density at radius 3 is 2.39 bits per heavy atom. The number of hydrogen-bond donors (Lipinski definition) is 0. The fourth-order valence-corrected chi connectivity index (χ4v) is 3.96. The summed E-state index contributed by atoms with van der Waals surface area (Å²) in [4.78, 5) is 17.3. The van der Waals surface area contributed by atoms with Crippen LogP contribution in [0.5, 0.6) is 0 Å². The van der Waals surface area contributed by atoms with Crippen molar-refractivity contribution in [3.8, 4) is 0 Å². The van der Waals surface area contributed by atoms with Gasteiger partial charge in [0.2, 0.25) is 0 Å². The van der Waals surface area contributed by atoms with Crippen LogP contribution < -0.4 is 4.90 Å². The highest BCUT2D eigenvalue weighted by atomic mass is 35.5. The first-order chi connectivity index (χ1) is 11.2. The van der Waals surface area contributed by atoms with E-state index < -0.39 is 0 Å². The SMILES string of the molecule is C=CC1CCCN(C2CCCCC2)C(=O)N1c1ccc(Cl)cc1. The molecular weight excluding hydrogens is 308 g/mol. The fourth-order valence-electron chi connectivity index (χ4n) is 3.83. The average Bonchev–Trinajstić information content (AvgIpc) is 2.75. The van der Waals surface area contributed by atoms with E-state index in [1.54, 1.807) is 0 Å². The maximum Gasteiger partial charge on any atom is 0.325 e. The standard InChI is InChI=1S/C19H25ClN2O/c1-2-16-9-6-14-21(17-7-4-3-5-8-17)19(23)22(16)18-12-10-15(20)11-13-18/h2,10-13,16-17H,1,3-9,14H2. The first-order valence-corrected chi connectivity index (χ1v) is 9.06. The molecule has 2 aliphatic rings. The van der Waals surface area contributed by atoms with Crippen molar-refractivity contribution in [3.63, 3.8) is 0 Å². The Labute approximate surface area is 143 Å². The molecule has 0 N–H and O–H groups in total. The van der Waals surface area contributed by atoms with Crippen LogP contribution in [0.3, 0.4) is 0 Å². The Bertz CT molecular complexity index is 551. The first-order valence-electron chi connectivity index (χ1n) is 8.68. The summed E-state index contributed by atoms with van der Waals surface area (Å²) in [5, 5.41) is 0.690. The second-order valence-electron chi connectivity index (χ2n) is 6.56. The zero-order valence-electron chi connectivity index (χ0n) is 13.6. The smallest absolute Gasteiger partial charge is 0.321 e. The van der Waals surface area contributed by atoms with Crippen molar-refractivity contribution in [2.45, 2.75) is 57.0 Å². The van der Waals surface area contributed by atoms with Crippen molar-refractivity contribution in [1.82, 2.24) is 4.90 Å². The summed E-state index contributed by atoms with van der Waals surface area (Å²) in [6, 6.07) is 8.14. The van der Waals surface area contributed by atoms with E-state index in [0.29, 0.717) is 11.1 Å². The van der Waals surface area contributed by atoms with Gasteiger partial charge in [0, 0.05) is 23.3 Å². The molecule has 23 heavy (non-hydrogen) atoms. The Hall–Kier alpha value is -1.48. The number of benzene rings is 1. The van der Waals surface area contributed by atoms with E-state index in [1.807, 2.05) is 35.2 Å². The van der Waals surface area contributed by atoms with Crippen molar-refractivity contribution >= 4 is 23.3 Å². The average molecular weight is 333 g/mol. The summed E-state index contributed by atoms with van der Waals surface area (Å²) in [5.74, 6) is 0. The van der Waals surface area contributed by atoms with Gasteiger partial charge in [-0.1, -0.05) is 36.9 Å². The van der Waals surface area contributed by atoms with Gasteiger partial charge in [-0.15, -0.1) is 6.58 Å². The van der Waals surface area contributed by atoms with Gasteiger partial charge in [-0.25, -0.2) is 4.79 Å². The Kier molecular flexibility index (Phi) is 5.27. The molecule has 4 heteroatoms. The molecule has 1 aromatic rings. The molecule has 1 saturated heterocycles. The number of urea groups is 1. The maximum atomic E-state index is 13.3. The molecule has 1 heterocycles. The van der Waals surface area contributed by atoms with Crippen LogP contribution in [0.2, 0.25) is 5.02 Å². The number of rotatable bonds is 3. The molecule has 1 aliphatic heterocycles. The normalized spacial score (nSPS) is 23.7. The van der Waals surface area contributed by atoms with E-state index in [1.165, 1.54) is 19.3 Å². The van der Waals surface area contributed by atoms with Crippen molar-refractivity contribution < 1.29 is 4.79 Å². The highest BCUT2D eigenvalue weighted by Crippen LogP contribution is 2.30. The number of anilines is 1. The molecule has 1 aromatic carbocycles. The molecule has 0 radical (unpaired) electrons. The van der Waals surface area contributed by atoms with Crippen LogP contribution >= 0.6 is 11.6 Å². The molecule has 0 bridgehead atoms. The number of amides is 2. The Morgan fingerprint density at radius 1 is 1.04 bits per heavy atom. The lowest BCUT2D eigenvalue weighted by atomic mass is 9.94. The van der Waals surface area contributed by atoms with Gasteiger partial charge in [0.1, 0.15) is 0 Å². The zero-order valence-corrected chi connectivity index (χ0v) is 14.3. The number of hydrogen-bond acceptors (Lipinski definition) is 1. The third kappa shape index (κ3) is 3.55. The molecule has 1 unspecified atom stereocenters. The van der Waals surface area contributed by atoms with Crippen LogP contribution in [0.1, 0.15) is 44.9 Å². The summed E-state index contributed by atoms with van der Waals surface area (Å²) >= 11 is 6.01. The second-order valence-corrected chi connectivity index (χ2v) is 7.00. The Morgan fingerprint density at radius 2 is 1.74 bits per heavy atom. The van der Waals surface area contributed by atoms with Crippen LogP contribution in [-0.2, 0) is 0 Å². The number of halogens is 1. The quantitative estimate of drug-likeness (QED) is 0.693. The summed E-state index contributed by atoms with van der Waals surface area (Å²) in [5.41, 5.74) is 0.909. The van der Waals surface area contributed by atoms with Gasteiger partial charge >= 0.3 is 6.03 Å². The summed E-state index contributed by atoms with van der Waals surface area (Å²) in [6.07, 6.45) is 9.94. The number of nitrogens with zero attached hydrogens (tertiary/aromatic N) is 2. The second kappa shape index (κ2) is 7.39. The van der Waals surface area contributed by atoms with Gasteiger partial charge in [-0.3, -0.25) is 4.90 Å². The lowest BCUT2D eigenvalue weighted by Gasteiger charge is -2.37. The highest BCUT2D eigenvalue weighted by Gasteiger charge is 2.34. The predicted octanol–water partition coefficient (Wildman–Crippen LogP) is 5.25. The van der Waals surface area contributed by atoms with Crippen LogP contribution in [-0.4, -0.2) is 29.6 Å². The molecule has 2 fully saturated rings. The lowest BCUT2D eigenvalue weighted by molar-refractivity contribution is 0.165. The summed E-state index contributed by atoms with van der Waals surface area (Å²) in [7, 11) is 0. The van der Waals surface area contributed by atoms with Gasteiger partial charge < -0.3 is 4.90 Å². The fraction of sp³-hybridized carbons (Fsp3) is 0.526. The van der Waals surface area contributed by atoms with Crippen molar-refractivity contribution in [2.75, 3.05) is 11.4 Å². The van der Waals surface area contributed by atoms with E-state index in [-0.39, 0.29) is 12.1 Å². The van der Waals surface area contributed by atoms with E-state index >= 15 is 0 Å². The minimum Gasteiger partial charge on any atom is -0.321 e. The largest absolute Gasteiger partial charge is 0.325 e. The van der Waals surface area contributed by atoms with Crippen LogP contribution in [0.15, 0.2) is 36.9 Å². The first kappa shape index (κ1) is 16.4. The van der Waals surface area contributed by atoms with Gasteiger partial charge in [0.25, 0.3) is 0 Å². The number of carbonyl (C=O) groups excluding carboxylic acids is 1. The molecule has 1 saturated carbocycles. The monoisotopic (exact) mass is 332 g/mol. The molecule has 3 rings (SSSR count). The highest BCUT2D eigenvalue weighted by molar-refractivity contribution is 6.30. The molecule has 2 amide bonds. The molecule has 1 atom stereocenters. The van der Waals surface area contributed by atoms with Gasteiger partial charge in [-0.05, 0) is 49.9 Å². The number of carbonyl (C=O) groups is 1. The third-order valence-corrected chi connectivity index (χ3v) is 5.33. The van der Waals surface area contributed by atoms with Crippen LogP contribution in [0, 0.1) is 0 Å². The minimum absolute atomic E-state index is 0.0530. The van der Waals surface area contributed by atoms with Gasteiger partial charge in [0.15, 0.2) is 0 Å². The van der Waals surface area contributed by atoms with Crippen molar-refractivity contribution in [2.24, 2.45) is 0 Å². The maximum absolute atomic E-state index is 13.3. The lowest BCUT2D eigenvalue weighted by Crippen LogP contribution is -2.50. The molecular formula is C19H25ClN2O. The predicted molar refractivity (Wildman–Crippen MR) is 96.1 cm³/mol. The van der Waals surface area contributed by atoms with Crippen LogP contribution in [0.4, 0.5) is 10.5 Å². The summed E-state index contributed by atoms with van der Waals surface area (Å²) < 4.78 is 0. The molecule has 3 nitrogen and oxygen atoms in total. The zero-order chi connectivity index (χ0) is 16.2. The Balaban J connectivity index is 1.89. The minimum atomic E-state index is 0.0530. The van der Waals surface area contributed by atoms with Crippen molar-refractivity contribution in [3.05, 3.63) is 41.9 Å². The van der Waals surface area contributed by atoms with E-state index in [0.717, 1.165) is 37.9 Å². The molecule has 0 spiro atoms.